The third-order valence-corrected chi connectivity index (χ3v) is 11.5. The van der Waals surface area contributed by atoms with Gasteiger partial charge in [-0.15, -0.1) is 0 Å². The number of fused-ring (bicyclic) bond motifs is 3. The molecule has 0 saturated carbocycles. The molecule has 0 aliphatic carbocycles. The maximum absolute atomic E-state index is 13.1. The smallest absolute Gasteiger partial charge is 0.317 e. The lowest BCUT2D eigenvalue weighted by Crippen LogP contribution is -2.48. The highest BCUT2D eigenvalue weighted by atomic mass is 16.4. The number of carbonyl (C=O) groups excluding carboxylic acids is 6. The molecule has 1 N–H and O–H groups in total. The molecule has 7 rings (SSSR count). The van der Waals surface area contributed by atoms with Gasteiger partial charge in [-0.3, -0.25) is 53.2 Å². The number of imide groups is 3. The summed E-state index contributed by atoms with van der Waals surface area (Å²) in [6, 6.07) is 20.5. The van der Waals surface area contributed by atoms with Gasteiger partial charge in [0.15, 0.2) is 0 Å². The number of carboxylic acids is 1. The molecule has 3 aromatic rings. The Morgan fingerprint density at radius 1 is 0.379 bits per heavy atom. The normalized spacial score (nSPS) is 18.8. The average Bonchev–Trinajstić information content (AvgIpc) is 3.72. The van der Waals surface area contributed by atoms with Crippen LogP contribution in [0.3, 0.4) is 0 Å². The first-order valence-corrected chi connectivity index (χ1v) is 20.1. The van der Waals surface area contributed by atoms with E-state index in [1.165, 1.54) is 14.7 Å². The average molecular weight is 792 g/mol. The van der Waals surface area contributed by atoms with E-state index in [4.69, 9.17) is 0 Å². The van der Waals surface area contributed by atoms with E-state index >= 15 is 0 Å². The topological polar surface area (TPSA) is 162 Å². The molecule has 58 heavy (non-hydrogen) atoms. The van der Waals surface area contributed by atoms with Gasteiger partial charge in [0.05, 0.1) is 39.9 Å². The van der Waals surface area contributed by atoms with Crippen LogP contribution in [0, 0.1) is 0 Å². The predicted octanol–water partition coefficient (Wildman–Crippen LogP) is 2.35. The molecule has 0 unspecified atom stereocenters. The number of rotatable bonds is 14. The first kappa shape index (κ1) is 40.6. The Morgan fingerprint density at radius 3 is 0.828 bits per heavy atom. The summed E-state index contributed by atoms with van der Waals surface area (Å²) in [5.74, 6) is -2.66. The Labute approximate surface area is 337 Å². The van der Waals surface area contributed by atoms with Crippen molar-refractivity contribution in [3.8, 4) is 0 Å². The van der Waals surface area contributed by atoms with Gasteiger partial charge in [-0.25, -0.2) is 0 Å². The molecule has 3 aromatic carbocycles. The molecule has 0 spiro atoms. The summed E-state index contributed by atoms with van der Waals surface area (Å²) < 4.78 is 0. The van der Waals surface area contributed by atoms with Crippen LogP contribution in [0.15, 0.2) is 72.8 Å². The summed E-state index contributed by atoms with van der Waals surface area (Å²) in [5, 5.41) is 9.78. The van der Waals surface area contributed by atoms with Crippen molar-refractivity contribution in [1.29, 1.82) is 0 Å². The van der Waals surface area contributed by atoms with Crippen molar-refractivity contribution in [3.05, 3.63) is 106 Å². The second-order valence-corrected chi connectivity index (χ2v) is 15.2. The molecule has 4 aliphatic rings. The Kier molecular flexibility index (Phi) is 12.8. The number of amides is 6. The molecule has 15 nitrogen and oxygen atoms in total. The summed E-state index contributed by atoms with van der Waals surface area (Å²) in [6.07, 6.45) is 1.66. The van der Waals surface area contributed by atoms with Crippen LogP contribution in [-0.4, -0.2) is 179 Å². The third kappa shape index (κ3) is 8.92. The van der Waals surface area contributed by atoms with E-state index in [0.29, 0.717) is 125 Å². The largest absolute Gasteiger partial charge is 0.480 e. The molecular formula is C43H49N7O8. The van der Waals surface area contributed by atoms with Crippen LogP contribution in [0.25, 0.3) is 0 Å². The van der Waals surface area contributed by atoms with Crippen LogP contribution >= 0.6 is 0 Å². The van der Waals surface area contributed by atoms with Gasteiger partial charge in [-0.2, -0.15) is 0 Å². The number of benzene rings is 3. The van der Waals surface area contributed by atoms with E-state index in [0.717, 1.165) is 0 Å². The van der Waals surface area contributed by atoms with Crippen LogP contribution in [0.2, 0.25) is 0 Å². The van der Waals surface area contributed by atoms with Crippen molar-refractivity contribution >= 4 is 41.4 Å². The monoisotopic (exact) mass is 791 g/mol. The van der Waals surface area contributed by atoms with Gasteiger partial charge in [-0.1, -0.05) is 36.4 Å². The molecule has 4 aliphatic heterocycles. The molecule has 0 atom stereocenters. The zero-order valence-electron chi connectivity index (χ0n) is 32.6. The fourth-order valence-corrected chi connectivity index (χ4v) is 8.28. The van der Waals surface area contributed by atoms with Crippen LogP contribution in [-0.2, 0) is 4.79 Å². The highest BCUT2D eigenvalue weighted by Gasteiger charge is 2.37. The van der Waals surface area contributed by atoms with Gasteiger partial charge in [0, 0.05) is 72.0 Å². The van der Waals surface area contributed by atoms with Gasteiger partial charge in [0.25, 0.3) is 35.4 Å². The maximum atomic E-state index is 13.1. The molecule has 0 bridgehead atoms. The summed E-state index contributed by atoms with van der Waals surface area (Å²) in [5.41, 5.74) is 2.50. The van der Waals surface area contributed by atoms with E-state index in [2.05, 4.69) is 14.7 Å². The van der Waals surface area contributed by atoms with Crippen molar-refractivity contribution in [2.24, 2.45) is 0 Å². The SMILES string of the molecule is O=C(O)CN1CCN(CCCN2C(=O)c3ccccc3C2=O)CCN(CCCN2C(=O)c3ccccc3C2=O)CCN(CCCN2C(=O)c3ccccc3C2=O)CC1. The molecule has 0 aromatic heterocycles. The Bertz CT molecular complexity index is 1890. The number of carbonyl (C=O) groups is 7. The van der Waals surface area contributed by atoms with Gasteiger partial charge in [-0.05, 0) is 75.3 Å². The van der Waals surface area contributed by atoms with Crippen molar-refractivity contribution in [1.82, 2.24) is 34.3 Å². The molecule has 4 heterocycles. The van der Waals surface area contributed by atoms with Gasteiger partial charge < -0.3 is 19.8 Å². The molecule has 1 saturated heterocycles. The zero-order chi connectivity index (χ0) is 40.8. The Balaban J connectivity index is 1.00. The fourth-order valence-electron chi connectivity index (χ4n) is 8.28. The van der Waals surface area contributed by atoms with Crippen LogP contribution < -0.4 is 0 Å². The van der Waals surface area contributed by atoms with Crippen molar-refractivity contribution in [3.63, 3.8) is 0 Å². The van der Waals surface area contributed by atoms with E-state index in [1.807, 2.05) is 4.90 Å². The molecular weight excluding hydrogens is 743 g/mol. The van der Waals surface area contributed by atoms with E-state index in [9.17, 15) is 38.7 Å². The van der Waals surface area contributed by atoms with Crippen molar-refractivity contribution in [2.75, 3.05) is 98.2 Å². The van der Waals surface area contributed by atoms with Crippen LogP contribution in [0.5, 0.6) is 0 Å². The van der Waals surface area contributed by atoms with Crippen LogP contribution in [0.1, 0.15) is 81.4 Å². The number of hydrogen-bond donors (Lipinski definition) is 1. The number of aliphatic carboxylic acids is 1. The van der Waals surface area contributed by atoms with Crippen LogP contribution in [0.4, 0.5) is 0 Å². The summed E-state index contributed by atoms with van der Waals surface area (Å²) in [7, 11) is 0. The lowest BCUT2D eigenvalue weighted by molar-refractivity contribution is -0.138. The number of nitrogens with zero attached hydrogens (tertiary/aromatic N) is 7. The predicted molar refractivity (Wildman–Crippen MR) is 213 cm³/mol. The molecule has 15 heteroatoms. The minimum absolute atomic E-state index is 0.129. The van der Waals surface area contributed by atoms with E-state index < -0.39 is 5.97 Å². The molecule has 1 fully saturated rings. The standard InChI is InChI=1S/C43H49N7O8/c51-37(52)30-47-28-26-45(17-8-20-49-40(55)33-12-3-4-13-34(33)41(49)56)24-22-44(16-7-19-48-38(53)31-10-1-2-11-32(31)39(48)54)23-25-46(27-29-47)18-9-21-50-42(57)35-14-5-6-15-36(35)43(50)58/h1-6,10-15H,7-9,16-30H2,(H,51,52). The molecule has 304 valence electrons. The Morgan fingerprint density at radius 2 is 0.603 bits per heavy atom. The lowest BCUT2D eigenvalue weighted by Gasteiger charge is -2.34. The molecule has 6 amide bonds. The highest BCUT2D eigenvalue weighted by molar-refractivity contribution is 6.22. The minimum Gasteiger partial charge on any atom is -0.480 e. The summed E-state index contributed by atoms with van der Waals surface area (Å²) in [4.78, 5) is 103. The fraction of sp³-hybridized carbons (Fsp3) is 0.419. The maximum Gasteiger partial charge on any atom is 0.317 e. The van der Waals surface area contributed by atoms with Gasteiger partial charge in [0.1, 0.15) is 0 Å². The second kappa shape index (κ2) is 18.3. The van der Waals surface area contributed by atoms with Crippen molar-refractivity contribution in [2.45, 2.75) is 19.3 Å². The zero-order valence-corrected chi connectivity index (χ0v) is 32.6. The minimum atomic E-state index is -0.925. The second-order valence-electron chi connectivity index (χ2n) is 15.2. The molecule has 0 radical (unpaired) electrons. The quantitative estimate of drug-likeness (QED) is 0.238. The summed E-state index contributed by atoms with van der Waals surface area (Å²) >= 11 is 0. The Hall–Kier alpha value is -5.61. The third-order valence-electron chi connectivity index (χ3n) is 11.5. The number of carboxylic acid groups (broad SMARTS) is 1. The van der Waals surface area contributed by atoms with Gasteiger partial charge in [0.2, 0.25) is 0 Å². The van der Waals surface area contributed by atoms with E-state index in [-0.39, 0.29) is 61.6 Å². The number of hydrogen-bond acceptors (Lipinski definition) is 11. The first-order valence-electron chi connectivity index (χ1n) is 20.1. The van der Waals surface area contributed by atoms with Gasteiger partial charge >= 0.3 is 5.97 Å². The highest BCUT2D eigenvalue weighted by Crippen LogP contribution is 2.25. The summed E-state index contributed by atoms with van der Waals surface area (Å²) in [6.45, 7) is 7.14. The van der Waals surface area contributed by atoms with E-state index in [1.54, 1.807) is 72.8 Å². The van der Waals surface area contributed by atoms with Crippen molar-refractivity contribution < 1.29 is 38.7 Å². The first-order chi connectivity index (χ1) is 28.1. The lowest BCUT2D eigenvalue weighted by atomic mass is 10.1.